The van der Waals surface area contributed by atoms with Crippen LogP contribution in [0.25, 0.3) is 10.4 Å². The molecule has 5 nitrogen and oxygen atoms in total. The Balaban J connectivity index is 2.92. The Morgan fingerprint density at radius 2 is 2.15 bits per heavy atom. The third kappa shape index (κ3) is 4.51. The van der Waals surface area contributed by atoms with Crippen molar-refractivity contribution in [3.05, 3.63) is 23.1 Å². The first kappa shape index (κ1) is 17.0. The van der Waals surface area contributed by atoms with E-state index in [9.17, 15) is 0 Å². The maximum atomic E-state index is 8.49. The molecule has 5 heteroatoms. The van der Waals surface area contributed by atoms with Gasteiger partial charge in [-0.15, -0.1) is 6.58 Å². The SMILES string of the molecule is C=CC[C@@]1(CC(C)C)C[C@H](CN=[N+]=[N-])ON1CC(C)C. The average molecular weight is 280 g/mol. The molecular weight excluding hydrogens is 252 g/mol. The summed E-state index contributed by atoms with van der Waals surface area (Å²) in [5.41, 5.74) is 8.49. The van der Waals surface area contributed by atoms with Gasteiger partial charge in [0, 0.05) is 11.5 Å². The second-order valence-corrected chi connectivity index (χ2v) is 6.62. The highest BCUT2D eigenvalue weighted by Gasteiger charge is 2.46. The summed E-state index contributed by atoms with van der Waals surface area (Å²) in [7, 11) is 0. The van der Waals surface area contributed by atoms with Crippen LogP contribution >= 0.6 is 0 Å². The number of rotatable bonds is 8. The zero-order valence-electron chi connectivity index (χ0n) is 13.2. The third-order valence-corrected chi connectivity index (χ3v) is 3.61. The largest absolute Gasteiger partial charge is 0.295 e. The first-order chi connectivity index (χ1) is 9.43. The van der Waals surface area contributed by atoms with E-state index in [1.165, 1.54) is 0 Å². The van der Waals surface area contributed by atoms with Crippen LogP contribution in [-0.4, -0.2) is 29.8 Å². The summed E-state index contributed by atoms with van der Waals surface area (Å²) in [6, 6.07) is 0. The zero-order chi connectivity index (χ0) is 15.2. The van der Waals surface area contributed by atoms with E-state index in [0.29, 0.717) is 18.4 Å². The topological polar surface area (TPSA) is 61.2 Å². The number of hydrogen-bond acceptors (Lipinski definition) is 3. The fraction of sp³-hybridized carbons (Fsp3) is 0.867. The van der Waals surface area contributed by atoms with Crippen LogP contribution in [0.4, 0.5) is 0 Å². The minimum Gasteiger partial charge on any atom is -0.295 e. The highest BCUT2D eigenvalue weighted by atomic mass is 16.7. The standard InChI is InChI=1S/C15H28N4O/c1-6-7-15(8-12(2)3)9-14(10-17-18-16)20-19(15)11-13(4)5/h6,12-14H,1,7-11H2,2-5H3/t14-,15-/m1/s1. The Kier molecular flexibility index (Phi) is 6.53. The molecule has 1 saturated heterocycles. The Morgan fingerprint density at radius 3 is 2.65 bits per heavy atom. The van der Waals surface area contributed by atoms with Crippen molar-refractivity contribution in [3.63, 3.8) is 0 Å². The van der Waals surface area contributed by atoms with Crippen molar-refractivity contribution in [1.82, 2.24) is 5.06 Å². The molecule has 0 bridgehead atoms. The van der Waals surface area contributed by atoms with E-state index >= 15 is 0 Å². The summed E-state index contributed by atoms with van der Waals surface area (Å²) >= 11 is 0. The molecule has 1 rings (SSSR count). The highest BCUT2D eigenvalue weighted by molar-refractivity contribution is 4.99. The van der Waals surface area contributed by atoms with Crippen molar-refractivity contribution in [2.24, 2.45) is 17.0 Å². The van der Waals surface area contributed by atoms with Gasteiger partial charge in [-0.2, -0.15) is 5.06 Å². The van der Waals surface area contributed by atoms with Gasteiger partial charge in [0.05, 0.1) is 18.2 Å². The molecule has 0 aromatic rings. The molecule has 1 fully saturated rings. The Labute approximate surface area is 122 Å². The third-order valence-electron chi connectivity index (χ3n) is 3.61. The molecule has 1 aliphatic rings. The maximum Gasteiger partial charge on any atom is 0.0868 e. The monoisotopic (exact) mass is 280 g/mol. The van der Waals surface area contributed by atoms with Crippen LogP contribution in [0.1, 0.15) is 47.0 Å². The summed E-state index contributed by atoms with van der Waals surface area (Å²) in [4.78, 5) is 8.91. The number of hydroxylamine groups is 2. The molecule has 0 amide bonds. The predicted octanol–water partition coefficient (Wildman–Crippen LogP) is 4.32. The second kappa shape index (κ2) is 7.67. The van der Waals surface area contributed by atoms with Crippen molar-refractivity contribution in [1.29, 1.82) is 0 Å². The normalized spacial score (nSPS) is 27.0. The molecule has 1 aliphatic heterocycles. The number of hydrogen-bond donors (Lipinski definition) is 0. The molecule has 0 radical (unpaired) electrons. The highest BCUT2D eigenvalue weighted by Crippen LogP contribution is 2.40. The van der Waals surface area contributed by atoms with E-state index in [0.717, 1.165) is 25.8 Å². The summed E-state index contributed by atoms with van der Waals surface area (Å²) in [5.74, 6) is 1.12. The Bertz CT molecular complexity index is 363. The summed E-state index contributed by atoms with van der Waals surface area (Å²) < 4.78 is 0. The van der Waals surface area contributed by atoms with Crippen molar-refractivity contribution in [2.45, 2.75) is 58.6 Å². The van der Waals surface area contributed by atoms with Gasteiger partial charge < -0.3 is 0 Å². The van der Waals surface area contributed by atoms with Crippen molar-refractivity contribution < 1.29 is 4.84 Å². The molecule has 0 aromatic carbocycles. The summed E-state index contributed by atoms with van der Waals surface area (Å²) in [5, 5.41) is 5.81. The molecule has 114 valence electrons. The van der Waals surface area contributed by atoms with Crippen LogP contribution in [-0.2, 0) is 4.84 Å². The van der Waals surface area contributed by atoms with Gasteiger partial charge in [-0.25, -0.2) is 0 Å². The van der Waals surface area contributed by atoms with Gasteiger partial charge in [-0.3, -0.25) is 4.84 Å². The summed E-state index contributed by atoms with van der Waals surface area (Å²) in [6.07, 6.45) is 4.85. The van der Waals surface area contributed by atoms with Gasteiger partial charge in [0.15, 0.2) is 0 Å². The van der Waals surface area contributed by atoms with E-state index in [2.05, 4.69) is 49.4 Å². The number of azide groups is 1. The van der Waals surface area contributed by atoms with Gasteiger partial charge in [0.2, 0.25) is 0 Å². The van der Waals surface area contributed by atoms with Gasteiger partial charge in [-0.05, 0) is 36.6 Å². The molecule has 1 heterocycles. The lowest BCUT2D eigenvalue weighted by molar-refractivity contribution is -0.193. The van der Waals surface area contributed by atoms with E-state index in [4.69, 9.17) is 10.4 Å². The lowest BCUT2D eigenvalue weighted by atomic mass is 9.81. The molecule has 0 aliphatic carbocycles. The molecule has 0 saturated carbocycles. The maximum absolute atomic E-state index is 8.49. The molecule has 0 unspecified atom stereocenters. The quantitative estimate of drug-likeness (QED) is 0.288. The van der Waals surface area contributed by atoms with Crippen molar-refractivity contribution in [3.8, 4) is 0 Å². The fourth-order valence-corrected chi connectivity index (χ4v) is 3.13. The lowest BCUT2D eigenvalue weighted by Gasteiger charge is -2.38. The van der Waals surface area contributed by atoms with E-state index in [1.807, 2.05) is 6.08 Å². The van der Waals surface area contributed by atoms with Crippen LogP contribution in [0.2, 0.25) is 0 Å². The molecule has 20 heavy (non-hydrogen) atoms. The first-order valence-electron chi connectivity index (χ1n) is 7.49. The Morgan fingerprint density at radius 1 is 1.45 bits per heavy atom. The smallest absolute Gasteiger partial charge is 0.0868 e. The van der Waals surface area contributed by atoms with Crippen molar-refractivity contribution in [2.75, 3.05) is 13.1 Å². The van der Waals surface area contributed by atoms with Crippen LogP contribution in [0.5, 0.6) is 0 Å². The average Bonchev–Trinajstić information content (AvgIpc) is 2.63. The molecule has 2 atom stereocenters. The minimum atomic E-state index is -0.0108. The predicted molar refractivity (Wildman–Crippen MR) is 82.0 cm³/mol. The molecular formula is C15H28N4O. The van der Waals surface area contributed by atoms with Gasteiger partial charge in [0.25, 0.3) is 0 Å². The van der Waals surface area contributed by atoms with Crippen LogP contribution in [0, 0.1) is 11.8 Å². The molecule has 0 spiro atoms. The van der Waals surface area contributed by atoms with E-state index < -0.39 is 0 Å². The first-order valence-corrected chi connectivity index (χ1v) is 7.49. The molecule has 0 N–H and O–H groups in total. The molecule has 0 aromatic heterocycles. The van der Waals surface area contributed by atoms with E-state index in [1.54, 1.807) is 0 Å². The number of nitrogens with zero attached hydrogens (tertiary/aromatic N) is 4. The van der Waals surface area contributed by atoms with Crippen LogP contribution < -0.4 is 0 Å². The fourth-order valence-electron chi connectivity index (χ4n) is 3.13. The van der Waals surface area contributed by atoms with Crippen LogP contribution in [0.15, 0.2) is 17.8 Å². The summed E-state index contributed by atoms with van der Waals surface area (Å²) in [6.45, 7) is 14.1. The van der Waals surface area contributed by atoms with Gasteiger partial charge >= 0.3 is 0 Å². The zero-order valence-corrected chi connectivity index (χ0v) is 13.2. The minimum absolute atomic E-state index is 0.00414. The van der Waals surface area contributed by atoms with Gasteiger partial charge in [-0.1, -0.05) is 38.9 Å². The van der Waals surface area contributed by atoms with Crippen molar-refractivity contribution >= 4 is 0 Å². The van der Waals surface area contributed by atoms with Gasteiger partial charge in [0.1, 0.15) is 0 Å². The van der Waals surface area contributed by atoms with E-state index in [-0.39, 0.29) is 11.6 Å². The second-order valence-electron chi connectivity index (χ2n) is 6.62. The Hall–Kier alpha value is -1.03. The lowest BCUT2D eigenvalue weighted by Crippen LogP contribution is -2.45. The van der Waals surface area contributed by atoms with Crippen LogP contribution in [0.3, 0.4) is 0 Å².